The normalized spacial score (nSPS) is 17.5. The Hall–Kier alpha value is -1.93. The molecule has 0 fully saturated rings. The van der Waals surface area contributed by atoms with Gasteiger partial charge in [0.25, 0.3) is 0 Å². The SMILES string of the molecule is COCOc1c(CC2C=CC=CC2)cccc1Pc1ccccc1C(C)O. The van der Waals surface area contributed by atoms with E-state index in [4.69, 9.17) is 9.47 Å². The van der Waals surface area contributed by atoms with Crippen LogP contribution >= 0.6 is 8.58 Å². The highest BCUT2D eigenvalue weighted by Crippen LogP contribution is 2.29. The molecule has 3 nitrogen and oxygen atoms in total. The Bertz CT molecular complexity index is 811. The summed E-state index contributed by atoms with van der Waals surface area (Å²) >= 11 is 0. The maximum atomic E-state index is 10.1. The van der Waals surface area contributed by atoms with Crippen LogP contribution in [0.15, 0.2) is 66.8 Å². The van der Waals surface area contributed by atoms with E-state index in [1.165, 1.54) is 5.56 Å². The molecule has 0 amide bonds. The predicted molar refractivity (Wildman–Crippen MR) is 114 cm³/mol. The molecular formula is C23H27O3P. The number of hydrogen-bond acceptors (Lipinski definition) is 3. The number of benzene rings is 2. The maximum Gasteiger partial charge on any atom is 0.188 e. The van der Waals surface area contributed by atoms with Crippen molar-refractivity contribution in [1.82, 2.24) is 0 Å². The van der Waals surface area contributed by atoms with E-state index in [9.17, 15) is 5.11 Å². The van der Waals surface area contributed by atoms with Gasteiger partial charge < -0.3 is 14.6 Å². The van der Waals surface area contributed by atoms with Crippen LogP contribution < -0.4 is 15.3 Å². The average Bonchev–Trinajstić information content (AvgIpc) is 2.68. The van der Waals surface area contributed by atoms with Crippen molar-refractivity contribution in [3.63, 3.8) is 0 Å². The number of ether oxygens (including phenoxy) is 2. The van der Waals surface area contributed by atoms with Gasteiger partial charge in [0.05, 0.1) is 6.10 Å². The summed E-state index contributed by atoms with van der Waals surface area (Å²) in [4.78, 5) is 0. The number of hydrogen-bond donors (Lipinski definition) is 1. The van der Waals surface area contributed by atoms with E-state index < -0.39 is 6.10 Å². The van der Waals surface area contributed by atoms with E-state index in [1.807, 2.05) is 25.1 Å². The summed E-state index contributed by atoms with van der Waals surface area (Å²) in [5.41, 5.74) is 2.18. The molecule has 1 N–H and O–H groups in total. The van der Waals surface area contributed by atoms with Crippen LogP contribution in [0.4, 0.5) is 0 Å². The van der Waals surface area contributed by atoms with Crippen molar-refractivity contribution in [2.45, 2.75) is 25.9 Å². The van der Waals surface area contributed by atoms with Crippen LogP contribution in [0, 0.1) is 5.92 Å². The first-order valence-corrected chi connectivity index (χ1v) is 10.3. The Morgan fingerprint density at radius 1 is 1.11 bits per heavy atom. The van der Waals surface area contributed by atoms with Gasteiger partial charge in [0, 0.05) is 12.4 Å². The van der Waals surface area contributed by atoms with Crippen LogP contribution in [0.3, 0.4) is 0 Å². The molecule has 2 aromatic rings. The lowest BCUT2D eigenvalue weighted by Gasteiger charge is -2.20. The van der Waals surface area contributed by atoms with Crippen molar-refractivity contribution in [1.29, 1.82) is 0 Å². The van der Waals surface area contributed by atoms with Crippen molar-refractivity contribution in [2.24, 2.45) is 5.92 Å². The van der Waals surface area contributed by atoms with Gasteiger partial charge in [-0.25, -0.2) is 0 Å². The molecule has 3 unspecified atom stereocenters. The molecule has 0 bridgehead atoms. The first-order chi connectivity index (χ1) is 13.2. The van der Waals surface area contributed by atoms with Crippen molar-refractivity contribution in [3.05, 3.63) is 77.9 Å². The second kappa shape index (κ2) is 9.85. The Labute approximate surface area is 163 Å². The van der Waals surface area contributed by atoms with Crippen LogP contribution in [0.5, 0.6) is 5.75 Å². The fourth-order valence-electron chi connectivity index (χ4n) is 3.32. The van der Waals surface area contributed by atoms with E-state index >= 15 is 0 Å². The molecule has 3 atom stereocenters. The van der Waals surface area contributed by atoms with Crippen LogP contribution in [0.2, 0.25) is 0 Å². The quantitative estimate of drug-likeness (QED) is 0.554. The summed E-state index contributed by atoms with van der Waals surface area (Å²) in [7, 11) is 2.06. The minimum absolute atomic E-state index is 0.229. The molecule has 2 aromatic carbocycles. The second-order valence-electron chi connectivity index (χ2n) is 6.75. The number of allylic oxidation sites excluding steroid dienone is 4. The minimum atomic E-state index is -0.487. The molecule has 0 aromatic heterocycles. The van der Waals surface area contributed by atoms with Gasteiger partial charge in [0.2, 0.25) is 0 Å². The number of aliphatic hydroxyl groups is 1. The smallest absolute Gasteiger partial charge is 0.188 e. The first kappa shape index (κ1) is 19.8. The lowest BCUT2D eigenvalue weighted by atomic mass is 9.93. The zero-order valence-electron chi connectivity index (χ0n) is 15.9. The third-order valence-electron chi connectivity index (χ3n) is 4.65. The molecule has 0 spiro atoms. The monoisotopic (exact) mass is 382 g/mol. The fraction of sp³-hybridized carbons (Fsp3) is 0.304. The van der Waals surface area contributed by atoms with Crippen LogP contribution in [-0.4, -0.2) is 19.0 Å². The largest absolute Gasteiger partial charge is 0.467 e. The molecule has 142 valence electrons. The summed E-state index contributed by atoms with van der Waals surface area (Å²) in [5, 5.41) is 12.4. The van der Waals surface area contributed by atoms with Gasteiger partial charge in [-0.15, -0.1) is 0 Å². The molecule has 4 heteroatoms. The summed E-state index contributed by atoms with van der Waals surface area (Å²) in [5.74, 6) is 1.41. The van der Waals surface area contributed by atoms with Crippen LogP contribution in [0.1, 0.15) is 30.6 Å². The van der Waals surface area contributed by atoms with Gasteiger partial charge in [0.1, 0.15) is 5.75 Å². The highest BCUT2D eigenvalue weighted by molar-refractivity contribution is 7.55. The van der Waals surface area contributed by atoms with E-state index in [1.54, 1.807) is 7.11 Å². The van der Waals surface area contributed by atoms with Crippen LogP contribution in [-0.2, 0) is 11.2 Å². The topological polar surface area (TPSA) is 38.7 Å². The Morgan fingerprint density at radius 3 is 2.67 bits per heavy atom. The fourth-order valence-corrected chi connectivity index (χ4v) is 4.75. The Morgan fingerprint density at radius 2 is 1.93 bits per heavy atom. The third-order valence-corrected chi connectivity index (χ3v) is 6.04. The summed E-state index contributed by atoms with van der Waals surface area (Å²) < 4.78 is 11.2. The van der Waals surface area contributed by atoms with Gasteiger partial charge >= 0.3 is 0 Å². The standard InChI is InChI=1S/C23H27O3P/c1-17(24)20-12-6-7-13-21(20)27-22-14-8-11-19(23(22)26-16-25-2)15-18-9-4-3-5-10-18/h3-9,11-14,17-18,24,27H,10,15-16H2,1-2H3. The van der Waals surface area contributed by atoms with Gasteiger partial charge in [-0.3, -0.25) is 0 Å². The van der Waals surface area contributed by atoms with Gasteiger partial charge in [-0.2, -0.15) is 0 Å². The molecule has 0 radical (unpaired) electrons. The molecular weight excluding hydrogens is 355 g/mol. The van der Waals surface area contributed by atoms with Crippen molar-refractivity contribution < 1.29 is 14.6 Å². The van der Waals surface area contributed by atoms with Crippen molar-refractivity contribution in [3.8, 4) is 5.75 Å². The van der Waals surface area contributed by atoms with Crippen molar-refractivity contribution >= 4 is 19.2 Å². The predicted octanol–water partition coefficient (Wildman–Crippen LogP) is 4.03. The Kier molecular flexibility index (Phi) is 7.23. The molecule has 0 aliphatic heterocycles. The molecule has 3 rings (SSSR count). The molecule has 0 heterocycles. The first-order valence-electron chi connectivity index (χ1n) is 9.30. The number of rotatable bonds is 8. The van der Waals surface area contributed by atoms with E-state index in [0.717, 1.165) is 34.8 Å². The third kappa shape index (κ3) is 5.29. The highest BCUT2D eigenvalue weighted by Gasteiger charge is 2.16. The lowest BCUT2D eigenvalue weighted by Crippen LogP contribution is -2.16. The minimum Gasteiger partial charge on any atom is -0.467 e. The zero-order chi connectivity index (χ0) is 19.1. The summed E-state index contributed by atoms with van der Waals surface area (Å²) in [6.07, 6.45) is 10.2. The van der Waals surface area contributed by atoms with Gasteiger partial charge in [-0.05, 0) is 42.1 Å². The summed E-state index contributed by atoms with van der Waals surface area (Å²) in [6.45, 7) is 2.04. The Balaban J connectivity index is 1.91. The van der Waals surface area contributed by atoms with Crippen LogP contribution in [0.25, 0.3) is 0 Å². The average molecular weight is 382 g/mol. The van der Waals surface area contributed by atoms with Crippen molar-refractivity contribution in [2.75, 3.05) is 13.9 Å². The second-order valence-corrected chi connectivity index (χ2v) is 8.07. The van der Waals surface area contributed by atoms with Gasteiger partial charge in [0.15, 0.2) is 6.79 Å². The molecule has 27 heavy (non-hydrogen) atoms. The van der Waals surface area contributed by atoms with E-state index in [-0.39, 0.29) is 6.79 Å². The van der Waals surface area contributed by atoms with E-state index in [0.29, 0.717) is 14.5 Å². The molecule has 1 aliphatic carbocycles. The number of methoxy groups -OCH3 is 1. The van der Waals surface area contributed by atoms with E-state index in [2.05, 4.69) is 48.6 Å². The molecule has 0 saturated carbocycles. The summed E-state index contributed by atoms with van der Waals surface area (Å²) in [6, 6.07) is 14.4. The number of para-hydroxylation sites is 1. The lowest BCUT2D eigenvalue weighted by molar-refractivity contribution is 0.0511. The zero-order valence-corrected chi connectivity index (χ0v) is 16.9. The van der Waals surface area contributed by atoms with Gasteiger partial charge in [-0.1, -0.05) is 75.3 Å². The number of aliphatic hydroxyl groups excluding tert-OH is 1. The molecule has 0 saturated heterocycles. The maximum absolute atomic E-state index is 10.1. The highest BCUT2D eigenvalue weighted by atomic mass is 31.1. The molecule has 1 aliphatic rings.